The van der Waals surface area contributed by atoms with Crippen LogP contribution in [0.4, 0.5) is 0 Å². The topological polar surface area (TPSA) is 55.1 Å². The SMILES string of the molecule is CC(C)CCNC(=O)CC(N)C(C)(C)C. The van der Waals surface area contributed by atoms with E-state index in [9.17, 15) is 4.79 Å². The van der Waals surface area contributed by atoms with Gasteiger partial charge in [0.2, 0.25) is 5.91 Å². The predicted molar refractivity (Wildman–Crippen MR) is 64.5 cm³/mol. The second-order valence-electron chi connectivity index (χ2n) is 5.71. The molecule has 3 heteroatoms. The largest absolute Gasteiger partial charge is 0.356 e. The maximum Gasteiger partial charge on any atom is 0.221 e. The monoisotopic (exact) mass is 214 g/mol. The van der Waals surface area contributed by atoms with Crippen LogP contribution >= 0.6 is 0 Å². The maximum atomic E-state index is 11.5. The van der Waals surface area contributed by atoms with Crippen molar-refractivity contribution in [2.24, 2.45) is 17.1 Å². The Kier molecular flexibility index (Phi) is 5.88. The van der Waals surface area contributed by atoms with Gasteiger partial charge >= 0.3 is 0 Å². The molecule has 3 N–H and O–H groups in total. The zero-order valence-corrected chi connectivity index (χ0v) is 10.8. The summed E-state index contributed by atoms with van der Waals surface area (Å²) < 4.78 is 0. The Labute approximate surface area is 93.8 Å². The molecule has 0 aromatic carbocycles. The number of amides is 1. The molecule has 3 nitrogen and oxygen atoms in total. The number of hydrogen-bond donors (Lipinski definition) is 2. The molecule has 0 aliphatic rings. The Morgan fingerprint density at radius 3 is 2.27 bits per heavy atom. The molecule has 0 rings (SSSR count). The van der Waals surface area contributed by atoms with Crippen molar-refractivity contribution in [1.82, 2.24) is 5.32 Å². The third-order valence-corrected chi connectivity index (χ3v) is 2.56. The highest BCUT2D eigenvalue weighted by Gasteiger charge is 2.22. The normalized spacial score (nSPS) is 14.1. The van der Waals surface area contributed by atoms with Crippen LogP contribution in [0.5, 0.6) is 0 Å². The highest BCUT2D eigenvalue weighted by Crippen LogP contribution is 2.19. The summed E-state index contributed by atoms with van der Waals surface area (Å²) in [4.78, 5) is 11.5. The summed E-state index contributed by atoms with van der Waals surface area (Å²) in [6.07, 6.45) is 1.44. The summed E-state index contributed by atoms with van der Waals surface area (Å²) in [6, 6.07) is -0.0726. The highest BCUT2D eigenvalue weighted by molar-refractivity contribution is 5.76. The van der Waals surface area contributed by atoms with Gasteiger partial charge in [0.25, 0.3) is 0 Å². The first kappa shape index (κ1) is 14.4. The number of nitrogens with one attached hydrogen (secondary N) is 1. The van der Waals surface area contributed by atoms with Gasteiger partial charge in [0.15, 0.2) is 0 Å². The lowest BCUT2D eigenvalue weighted by Crippen LogP contribution is -2.40. The molecule has 0 radical (unpaired) electrons. The molecule has 0 spiro atoms. The fraction of sp³-hybridized carbons (Fsp3) is 0.917. The molecule has 0 fully saturated rings. The van der Waals surface area contributed by atoms with Crippen LogP contribution in [0.25, 0.3) is 0 Å². The van der Waals surface area contributed by atoms with Gasteiger partial charge in [-0.3, -0.25) is 4.79 Å². The van der Waals surface area contributed by atoms with Gasteiger partial charge in [-0.25, -0.2) is 0 Å². The molecular weight excluding hydrogens is 188 g/mol. The van der Waals surface area contributed by atoms with Gasteiger partial charge in [-0.2, -0.15) is 0 Å². The summed E-state index contributed by atoms with van der Waals surface area (Å²) in [6.45, 7) is 11.2. The number of hydrogen-bond acceptors (Lipinski definition) is 2. The van der Waals surface area contributed by atoms with Crippen molar-refractivity contribution in [3.63, 3.8) is 0 Å². The van der Waals surface area contributed by atoms with E-state index in [1.54, 1.807) is 0 Å². The van der Waals surface area contributed by atoms with Gasteiger partial charge in [0.05, 0.1) is 0 Å². The molecule has 0 aromatic heterocycles. The second kappa shape index (κ2) is 6.11. The van der Waals surface area contributed by atoms with Gasteiger partial charge in [-0.1, -0.05) is 34.6 Å². The summed E-state index contributed by atoms with van der Waals surface area (Å²) >= 11 is 0. The molecule has 1 atom stereocenters. The van der Waals surface area contributed by atoms with Crippen LogP contribution in [0.3, 0.4) is 0 Å². The van der Waals surface area contributed by atoms with E-state index >= 15 is 0 Å². The zero-order valence-electron chi connectivity index (χ0n) is 10.8. The first-order chi connectivity index (χ1) is 6.73. The third-order valence-electron chi connectivity index (χ3n) is 2.56. The quantitative estimate of drug-likeness (QED) is 0.734. The summed E-state index contributed by atoms with van der Waals surface area (Å²) in [5, 5.41) is 2.90. The van der Waals surface area contributed by atoms with Crippen LogP contribution in [-0.4, -0.2) is 18.5 Å². The molecule has 90 valence electrons. The van der Waals surface area contributed by atoms with Crippen molar-refractivity contribution in [3.8, 4) is 0 Å². The molecule has 0 bridgehead atoms. The maximum absolute atomic E-state index is 11.5. The van der Waals surface area contributed by atoms with E-state index in [0.717, 1.165) is 13.0 Å². The summed E-state index contributed by atoms with van der Waals surface area (Å²) in [5.41, 5.74) is 5.92. The molecule has 0 aliphatic carbocycles. The van der Waals surface area contributed by atoms with E-state index in [0.29, 0.717) is 12.3 Å². The van der Waals surface area contributed by atoms with Gasteiger partial charge in [-0.15, -0.1) is 0 Å². The lowest BCUT2D eigenvalue weighted by molar-refractivity contribution is -0.121. The molecular formula is C12H26N2O. The van der Waals surface area contributed by atoms with Gasteiger partial charge in [0.1, 0.15) is 0 Å². The number of carbonyl (C=O) groups excluding carboxylic acids is 1. The van der Waals surface area contributed by atoms with Crippen LogP contribution in [0.2, 0.25) is 0 Å². The molecule has 0 aromatic rings. The molecule has 15 heavy (non-hydrogen) atoms. The average molecular weight is 214 g/mol. The standard InChI is InChI=1S/C12H26N2O/c1-9(2)6-7-14-11(15)8-10(13)12(3,4)5/h9-10H,6-8,13H2,1-5H3,(H,14,15). The predicted octanol–water partition coefficient (Wildman–Crippen LogP) is 1.91. The van der Waals surface area contributed by atoms with E-state index in [2.05, 4.69) is 39.9 Å². The van der Waals surface area contributed by atoms with Gasteiger partial charge < -0.3 is 11.1 Å². The molecule has 0 saturated heterocycles. The van der Waals surface area contributed by atoms with Crippen LogP contribution in [0.1, 0.15) is 47.5 Å². The van der Waals surface area contributed by atoms with E-state index in [4.69, 9.17) is 5.73 Å². The minimum atomic E-state index is -0.0726. The summed E-state index contributed by atoms with van der Waals surface area (Å²) in [5.74, 6) is 0.694. The molecule has 0 heterocycles. The van der Waals surface area contributed by atoms with Crippen molar-refractivity contribution in [2.45, 2.75) is 53.5 Å². The lowest BCUT2D eigenvalue weighted by atomic mass is 9.85. The third kappa shape index (κ3) is 7.37. The minimum Gasteiger partial charge on any atom is -0.356 e. The molecule has 1 amide bonds. The Morgan fingerprint density at radius 2 is 1.87 bits per heavy atom. The smallest absolute Gasteiger partial charge is 0.221 e. The Morgan fingerprint density at radius 1 is 1.33 bits per heavy atom. The zero-order chi connectivity index (χ0) is 12.1. The minimum absolute atomic E-state index is 0.00458. The highest BCUT2D eigenvalue weighted by atomic mass is 16.1. The van der Waals surface area contributed by atoms with Crippen LogP contribution in [0.15, 0.2) is 0 Å². The van der Waals surface area contributed by atoms with Gasteiger partial charge in [-0.05, 0) is 17.8 Å². The first-order valence-electron chi connectivity index (χ1n) is 5.75. The molecule has 1 unspecified atom stereocenters. The number of carbonyl (C=O) groups is 1. The summed E-state index contributed by atoms with van der Waals surface area (Å²) in [7, 11) is 0. The number of rotatable bonds is 5. The fourth-order valence-corrected chi connectivity index (χ4v) is 1.08. The van der Waals surface area contributed by atoms with Crippen LogP contribution < -0.4 is 11.1 Å². The van der Waals surface area contributed by atoms with Crippen molar-refractivity contribution in [3.05, 3.63) is 0 Å². The van der Waals surface area contributed by atoms with Crippen molar-refractivity contribution >= 4 is 5.91 Å². The van der Waals surface area contributed by atoms with E-state index in [1.807, 2.05) is 0 Å². The Bertz CT molecular complexity index is 194. The van der Waals surface area contributed by atoms with E-state index < -0.39 is 0 Å². The van der Waals surface area contributed by atoms with Gasteiger partial charge in [0, 0.05) is 19.0 Å². The molecule has 0 aliphatic heterocycles. The lowest BCUT2D eigenvalue weighted by Gasteiger charge is -2.26. The van der Waals surface area contributed by atoms with Crippen molar-refractivity contribution in [1.29, 1.82) is 0 Å². The van der Waals surface area contributed by atoms with Crippen molar-refractivity contribution < 1.29 is 4.79 Å². The second-order valence-corrected chi connectivity index (χ2v) is 5.71. The Balaban J connectivity index is 3.75. The first-order valence-corrected chi connectivity index (χ1v) is 5.75. The average Bonchev–Trinajstić information content (AvgIpc) is 2.01. The van der Waals surface area contributed by atoms with Crippen LogP contribution in [-0.2, 0) is 4.79 Å². The Hall–Kier alpha value is -0.570. The number of nitrogens with two attached hydrogens (primary N) is 1. The van der Waals surface area contributed by atoms with Crippen LogP contribution in [0, 0.1) is 11.3 Å². The van der Waals surface area contributed by atoms with Crippen molar-refractivity contribution in [2.75, 3.05) is 6.54 Å². The fourth-order valence-electron chi connectivity index (χ4n) is 1.08. The molecule has 0 saturated carbocycles. The van der Waals surface area contributed by atoms with E-state index in [1.165, 1.54) is 0 Å². The van der Waals surface area contributed by atoms with E-state index in [-0.39, 0.29) is 17.4 Å².